The Balaban J connectivity index is 1.36. The van der Waals surface area contributed by atoms with Crippen LogP contribution in [0, 0.1) is 41.7 Å². The first-order valence-corrected chi connectivity index (χ1v) is 13.0. The van der Waals surface area contributed by atoms with Gasteiger partial charge in [-0.25, -0.2) is 13.5 Å². The molecule has 0 saturated heterocycles. The standard InChI is InChI=1S/C27H29F2N3OS/c1-14-10-15-5-8-19-23(26(33)30-13-16-4-6-17-11-20(16)27(17,2)3)31-32(24(19)25(15)34-14)22-9-7-18(28)12-21(22)29/h7,9-10,12,16-17,20H,4-6,8,11,13H2,1-3H3,(H,30,33). The summed E-state index contributed by atoms with van der Waals surface area (Å²) >= 11 is 1.63. The van der Waals surface area contributed by atoms with Gasteiger partial charge in [-0.1, -0.05) is 13.8 Å². The lowest BCUT2D eigenvalue weighted by molar-refractivity contribution is -0.103. The summed E-state index contributed by atoms with van der Waals surface area (Å²) in [5, 5.41) is 7.79. The van der Waals surface area contributed by atoms with E-state index in [0.29, 0.717) is 35.9 Å². The van der Waals surface area contributed by atoms with Gasteiger partial charge in [0.1, 0.15) is 11.5 Å². The van der Waals surface area contributed by atoms with Crippen molar-refractivity contribution in [2.45, 2.75) is 52.9 Å². The summed E-state index contributed by atoms with van der Waals surface area (Å²) in [6.07, 6.45) is 5.15. The number of fused-ring (bicyclic) bond motifs is 5. The van der Waals surface area contributed by atoms with Crippen LogP contribution < -0.4 is 5.32 Å². The molecule has 4 aliphatic carbocycles. The molecule has 3 fully saturated rings. The number of amides is 1. The van der Waals surface area contributed by atoms with Crippen LogP contribution in [0.3, 0.4) is 0 Å². The van der Waals surface area contributed by atoms with Gasteiger partial charge in [0, 0.05) is 23.1 Å². The van der Waals surface area contributed by atoms with Crippen LogP contribution in [0.5, 0.6) is 0 Å². The maximum Gasteiger partial charge on any atom is 0.272 e. The van der Waals surface area contributed by atoms with Gasteiger partial charge in [-0.15, -0.1) is 11.3 Å². The van der Waals surface area contributed by atoms with Crippen LogP contribution in [0.2, 0.25) is 0 Å². The number of nitrogens with zero attached hydrogens (tertiary/aromatic N) is 2. The first kappa shape index (κ1) is 22.0. The number of aromatic nitrogens is 2. The first-order chi connectivity index (χ1) is 16.2. The molecule has 3 saturated carbocycles. The molecule has 0 radical (unpaired) electrons. The van der Waals surface area contributed by atoms with Crippen LogP contribution in [0.15, 0.2) is 24.3 Å². The minimum Gasteiger partial charge on any atom is -0.350 e. The number of carbonyl (C=O) groups excluding carboxylic acids is 1. The molecule has 178 valence electrons. The van der Waals surface area contributed by atoms with E-state index >= 15 is 0 Å². The molecule has 4 aliphatic rings. The zero-order valence-electron chi connectivity index (χ0n) is 19.8. The van der Waals surface area contributed by atoms with Gasteiger partial charge in [0.15, 0.2) is 11.5 Å². The minimum absolute atomic E-state index is 0.158. The molecule has 0 spiro atoms. The fraction of sp³-hybridized carbons (Fsp3) is 0.481. The van der Waals surface area contributed by atoms with E-state index in [-0.39, 0.29) is 11.6 Å². The van der Waals surface area contributed by atoms with Crippen molar-refractivity contribution in [2.24, 2.45) is 23.2 Å². The number of hydrogen-bond acceptors (Lipinski definition) is 3. The Hall–Kier alpha value is -2.54. The monoisotopic (exact) mass is 481 g/mol. The SMILES string of the molecule is Cc1cc2c(s1)-c1c(c(C(=O)NCC3CCC4CC3C4(C)C)nn1-c1ccc(F)cc1F)CC2. The van der Waals surface area contributed by atoms with E-state index in [4.69, 9.17) is 0 Å². The van der Waals surface area contributed by atoms with Crippen LogP contribution >= 0.6 is 11.3 Å². The third-order valence-corrected chi connectivity index (χ3v) is 9.75. The van der Waals surface area contributed by atoms with Crippen molar-refractivity contribution in [2.75, 3.05) is 6.54 Å². The van der Waals surface area contributed by atoms with E-state index in [9.17, 15) is 13.6 Å². The summed E-state index contributed by atoms with van der Waals surface area (Å²) in [6.45, 7) is 7.41. The van der Waals surface area contributed by atoms with Gasteiger partial charge in [0.05, 0.1) is 10.6 Å². The third-order valence-electron chi connectivity index (χ3n) is 8.65. The molecule has 4 nitrogen and oxygen atoms in total. The summed E-state index contributed by atoms with van der Waals surface area (Å²) in [5.41, 5.74) is 3.68. The number of benzene rings is 1. The van der Waals surface area contributed by atoms with Crippen LogP contribution in [0.4, 0.5) is 8.78 Å². The third kappa shape index (κ3) is 3.27. The molecule has 2 aromatic heterocycles. The van der Waals surface area contributed by atoms with E-state index < -0.39 is 11.6 Å². The van der Waals surface area contributed by atoms with Crippen molar-refractivity contribution >= 4 is 17.2 Å². The van der Waals surface area contributed by atoms with Crippen LogP contribution in [-0.4, -0.2) is 22.2 Å². The van der Waals surface area contributed by atoms with Crippen LogP contribution in [0.25, 0.3) is 16.3 Å². The summed E-state index contributed by atoms with van der Waals surface area (Å²) in [5.74, 6) is 0.434. The number of rotatable bonds is 4. The molecule has 1 aromatic carbocycles. The smallest absolute Gasteiger partial charge is 0.272 e. The predicted octanol–water partition coefficient (Wildman–Crippen LogP) is 6.09. The molecule has 1 amide bonds. The molecule has 2 heterocycles. The predicted molar refractivity (Wildman–Crippen MR) is 129 cm³/mol. The molecule has 7 rings (SSSR count). The molecule has 34 heavy (non-hydrogen) atoms. The van der Waals surface area contributed by atoms with Gasteiger partial charge in [-0.05, 0) is 86.0 Å². The van der Waals surface area contributed by atoms with E-state index in [1.54, 1.807) is 11.3 Å². The lowest BCUT2D eigenvalue weighted by Gasteiger charge is -2.60. The van der Waals surface area contributed by atoms with Crippen molar-refractivity contribution in [3.8, 4) is 16.3 Å². The van der Waals surface area contributed by atoms with Crippen LogP contribution in [0.1, 0.15) is 59.6 Å². The second-order valence-electron chi connectivity index (χ2n) is 10.8. The molecular weight excluding hydrogens is 452 g/mol. The Bertz CT molecular complexity index is 1310. The van der Waals surface area contributed by atoms with E-state index in [2.05, 4.69) is 30.3 Å². The molecular formula is C27H29F2N3OS. The minimum atomic E-state index is -0.693. The normalized spacial score (nSPS) is 24.2. The van der Waals surface area contributed by atoms with Gasteiger partial charge < -0.3 is 5.32 Å². The molecule has 1 N–H and O–H groups in total. The Morgan fingerprint density at radius 3 is 2.79 bits per heavy atom. The maximum atomic E-state index is 14.8. The maximum absolute atomic E-state index is 14.8. The fourth-order valence-electron chi connectivity index (χ4n) is 6.66. The number of thiophene rings is 1. The Labute approximate surface area is 202 Å². The van der Waals surface area contributed by atoms with E-state index in [1.165, 1.54) is 35.2 Å². The molecule has 3 atom stereocenters. The highest BCUT2D eigenvalue weighted by molar-refractivity contribution is 7.15. The summed E-state index contributed by atoms with van der Waals surface area (Å²) in [4.78, 5) is 15.6. The van der Waals surface area contributed by atoms with Gasteiger partial charge in [0.25, 0.3) is 5.91 Å². The van der Waals surface area contributed by atoms with Crippen molar-refractivity contribution < 1.29 is 13.6 Å². The molecule has 0 aliphatic heterocycles. The van der Waals surface area contributed by atoms with Crippen molar-refractivity contribution in [1.29, 1.82) is 0 Å². The quantitative estimate of drug-likeness (QED) is 0.490. The second-order valence-corrected chi connectivity index (χ2v) is 12.1. The number of halogens is 2. The summed E-state index contributed by atoms with van der Waals surface area (Å²) in [6, 6.07) is 5.64. The van der Waals surface area contributed by atoms with Crippen molar-refractivity contribution in [1.82, 2.24) is 15.1 Å². The Morgan fingerprint density at radius 2 is 2.06 bits per heavy atom. The highest BCUT2D eigenvalue weighted by Gasteiger charge is 2.54. The van der Waals surface area contributed by atoms with Crippen molar-refractivity contribution in [3.63, 3.8) is 0 Å². The van der Waals surface area contributed by atoms with Crippen molar-refractivity contribution in [3.05, 3.63) is 57.6 Å². The Morgan fingerprint density at radius 1 is 1.24 bits per heavy atom. The summed E-state index contributed by atoms with van der Waals surface area (Å²) in [7, 11) is 0. The van der Waals surface area contributed by atoms with Crippen LogP contribution in [-0.2, 0) is 12.8 Å². The van der Waals surface area contributed by atoms with Gasteiger partial charge in [-0.3, -0.25) is 4.79 Å². The number of nitrogens with one attached hydrogen (secondary N) is 1. The lowest BCUT2D eigenvalue weighted by Crippen LogP contribution is -2.54. The summed E-state index contributed by atoms with van der Waals surface area (Å²) < 4.78 is 29.9. The topological polar surface area (TPSA) is 46.9 Å². The van der Waals surface area contributed by atoms with Gasteiger partial charge >= 0.3 is 0 Å². The van der Waals surface area contributed by atoms with E-state index in [0.717, 1.165) is 45.8 Å². The lowest BCUT2D eigenvalue weighted by atomic mass is 9.45. The molecule has 7 heteroatoms. The Kier molecular flexibility index (Phi) is 5.00. The highest BCUT2D eigenvalue weighted by atomic mass is 32.1. The second kappa shape index (κ2) is 7.74. The first-order valence-electron chi connectivity index (χ1n) is 12.2. The van der Waals surface area contributed by atoms with E-state index in [1.807, 2.05) is 6.92 Å². The molecule has 2 bridgehead atoms. The number of aryl methyl sites for hydroxylation is 2. The van der Waals surface area contributed by atoms with Gasteiger partial charge in [-0.2, -0.15) is 5.10 Å². The fourth-order valence-corrected chi connectivity index (χ4v) is 7.78. The average molecular weight is 482 g/mol. The van der Waals surface area contributed by atoms with Gasteiger partial charge in [0.2, 0.25) is 0 Å². The zero-order chi connectivity index (χ0) is 23.8. The highest BCUT2D eigenvalue weighted by Crippen LogP contribution is 2.61. The average Bonchev–Trinajstić information content (AvgIpc) is 3.37. The number of hydrogen-bond donors (Lipinski definition) is 1. The molecule has 3 unspecified atom stereocenters. The zero-order valence-corrected chi connectivity index (χ0v) is 20.6. The molecule has 3 aromatic rings. The number of carbonyl (C=O) groups is 1. The largest absolute Gasteiger partial charge is 0.350 e.